The lowest BCUT2D eigenvalue weighted by Gasteiger charge is -2.00. The Bertz CT molecular complexity index is 487. The standard InChI is InChI=1S/C10H7N3O2/c1-2-9-10(15-6-14-9)5-7(1)8-3-4-11-13-12-8/h1-5H,6H2. The summed E-state index contributed by atoms with van der Waals surface area (Å²) in [5.74, 6) is 1.51. The predicted octanol–water partition coefficient (Wildman–Crippen LogP) is 1.27. The average molecular weight is 201 g/mol. The van der Waals surface area contributed by atoms with Crippen LogP contribution in [0.15, 0.2) is 30.5 Å². The van der Waals surface area contributed by atoms with E-state index in [1.807, 2.05) is 18.2 Å². The summed E-state index contributed by atoms with van der Waals surface area (Å²) in [6.45, 7) is 0.279. The predicted molar refractivity (Wildman–Crippen MR) is 51.4 cm³/mol. The minimum Gasteiger partial charge on any atom is -0.454 e. The summed E-state index contributed by atoms with van der Waals surface area (Å²) in [6, 6.07) is 7.45. The van der Waals surface area contributed by atoms with Gasteiger partial charge in [-0.15, -0.1) is 10.2 Å². The van der Waals surface area contributed by atoms with Gasteiger partial charge in [-0.2, -0.15) is 0 Å². The van der Waals surface area contributed by atoms with Crippen LogP contribution in [0.25, 0.3) is 11.3 Å². The third-order valence-corrected chi connectivity index (χ3v) is 2.17. The first-order chi connectivity index (χ1) is 7.43. The second-order valence-corrected chi connectivity index (χ2v) is 3.07. The monoisotopic (exact) mass is 201 g/mol. The van der Waals surface area contributed by atoms with E-state index in [0.717, 1.165) is 22.8 Å². The molecular weight excluding hydrogens is 194 g/mol. The van der Waals surface area contributed by atoms with Gasteiger partial charge in [0.25, 0.3) is 0 Å². The summed E-state index contributed by atoms with van der Waals surface area (Å²) in [5, 5.41) is 11.1. The van der Waals surface area contributed by atoms with Crippen LogP contribution in [0.4, 0.5) is 0 Å². The van der Waals surface area contributed by atoms with E-state index in [2.05, 4.69) is 15.4 Å². The van der Waals surface area contributed by atoms with Gasteiger partial charge in [0.1, 0.15) is 0 Å². The molecule has 0 amide bonds. The van der Waals surface area contributed by atoms with Gasteiger partial charge in [-0.05, 0) is 29.5 Å². The van der Waals surface area contributed by atoms with Crippen molar-refractivity contribution < 1.29 is 9.47 Å². The van der Waals surface area contributed by atoms with Crippen LogP contribution in [0.1, 0.15) is 0 Å². The highest BCUT2D eigenvalue weighted by molar-refractivity contribution is 5.63. The Morgan fingerprint density at radius 1 is 1.07 bits per heavy atom. The Morgan fingerprint density at radius 2 is 2.00 bits per heavy atom. The summed E-state index contributed by atoms with van der Waals surface area (Å²) >= 11 is 0. The van der Waals surface area contributed by atoms with Crippen molar-refractivity contribution in [2.24, 2.45) is 0 Å². The van der Waals surface area contributed by atoms with Gasteiger partial charge < -0.3 is 9.47 Å². The van der Waals surface area contributed by atoms with Gasteiger partial charge >= 0.3 is 0 Å². The van der Waals surface area contributed by atoms with E-state index >= 15 is 0 Å². The molecule has 1 aliphatic heterocycles. The lowest BCUT2D eigenvalue weighted by atomic mass is 10.1. The fourth-order valence-electron chi connectivity index (χ4n) is 1.45. The summed E-state index contributed by atoms with van der Waals surface area (Å²) in [5.41, 5.74) is 1.71. The lowest BCUT2D eigenvalue weighted by molar-refractivity contribution is 0.174. The molecule has 0 spiro atoms. The van der Waals surface area contributed by atoms with E-state index in [1.165, 1.54) is 0 Å². The third-order valence-electron chi connectivity index (χ3n) is 2.17. The van der Waals surface area contributed by atoms with E-state index in [1.54, 1.807) is 12.3 Å². The van der Waals surface area contributed by atoms with Crippen LogP contribution in [0.5, 0.6) is 11.5 Å². The van der Waals surface area contributed by atoms with Crippen LogP contribution < -0.4 is 9.47 Å². The Morgan fingerprint density at radius 3 is 2.87 bits per heavy atom. The molecule has 5 heteroatoms. The highest BCUT2D eigenvalue weighted by Gasteiger charge is 2.14. The van der Waals surface area contributed by atoms with Crippen molar-refractivity contribution >= 4 is 0 Å². The number of rotatable bonds is 1. The maximum absolute atomic E-state index is 5.27. The normalized spacial score (nSPS) is 12.8. The first-order valence-electron chi connectivity index (χ1n) is 4.48. The van der Waals surface area contributed by atoms with E-state index in [-0.39, 0.29) is 6.79 Å². The van der Waals surface area contributed by atoms with Crippen molar-refractivity contribution in [1.29, 1.82) is 0 Å². The van der Waals surface area contributed by atoms with Crippen LogP contribution in [0.3, 0.4) is 0 Å². The Kier molecular flexibility index (Phi) is 1.74. The maximum Gasteiger partial charge on any atom is 0.231 e. The number of ether oxygens (including phenoxy) is 2. The molecule has 2 aromatic rings. The van der Waals surface area contributed by atoms with Gasteiger partial charge in [-0.3, -0.25) is 0 Å². The van der Waals surface area contributed by atoms with Crippen molar-refractivity contribution in [3.05, 3.63) is 30.5 Å². The zero-order valence-corrected chi connectivity index (χ0v) is 7.75. The molecule has 0 radical (unpaired) electrons. The van der Waals surface area contributed by atoms with Crippen LogP contribution >= 0.6 is 0 Å². The molecule has 5 nitrogen and oxygen atoms in total. The molecule has 1 aliphatic rings. The zero-order valence-electron chi connectivity index (χ0n) is 7.75. The minimum absolute atomic E-state index is 0.279. The first-order valence-corrected chi connectivity index (χ1v) is 4.48. The van der Waals surface area contributed by atoms with Gasteiger partial charge in [0.05, 0.1) is 11.9 Å². The van der Waals surface area contributed by atoms with Gasteiger partial charge in [0.2, 0.25) is 6.79 Å². The highest BCUT2D eigenvalue weighted by Crippen LogP contribution is 2.34. The molecular formula is C10H7N3O2. The highest BCUT2D eigenvalue weighted by atomic mass is 16.7. The van der Waals surface area contributed by atoms with Gasteiger partial charge in [0.15, 0.2) is 11.5 Å². The number of hydrogen-bond donors (Lipinski definition) is 0. The second kappa shape index (κ2) is 3.20. The molecule has 0 saturated carbocycles. The van der Waals surface area contributed by atoms with Gasteiger partial charge in [0, 0.05) is 5.56 Å². The van der Waals surface area contributed by atoms with Crippen molar-refractivity contribution in [2.45, 2.75) is 0 Å². The van der Waals surface area contributed by atoms with Crippen molar-refractivity contribution in [1.82, 2.24) is 15.4 Å². The minimum atomic E-state index is 0.279. The summed E-state index contributed by atoms with van der Waals surface area (Å²) < 4.78 is 10.5. The number of fused-ring (bicyclic) bond motifs is 1. The molecule has 0 saturated heterocycles. The smallest absolute Gasteiger partial charge is 0.231 e. The van der Waals surface area contributed by atoms with Crippen LogP contribution in [-0.2, 0) is 0 Å². The Hall–Kier alpha value is -2.17. The molecule has 2 heterocycles. The SMILES string of the molecule is c1cc(-c2ccc3c(c2)OCO3)nnn1. The van der Waals surface area contributed by atoms with Crippen LogP contribution in [0.2, 0.25) is 0 Å². The van der Waals surface area contributed by atoms with E-state index in [0.29, 0.717) is 0 Å². The average Bonchev–Trinajstić information content (AvgIpc) is 2.77. The van der Waals surface area contributed by atoms with Gasteiger partial charge in [-0.25, -0.2) is 0 Å². The maximum atomic E-state index is 5.27. The number of hydrogen-bond acceptors (Lipinski definition) is 5. The third kappa shape index (κ3) is 1.38. The molecule has 0 N–H and O–H groups in total. The first kappa shape index (κ1) is 8.16. The Balaban J connectivity index is 2.07. The Labute approximate surface area is 85.7 Å². The molecule has 0 aliphatic carbocycles. The van der Waals surface area contributed by atoms with Crippen molar-refractivity contribution in [3.8, 4) is 22.8 Å². The van der Waals surface area contributed by atoms with Crippen LogP contribution in [-0.4, -0.2) is 22.2 Å². The largest absolute Gasteiger partial charge is 0.454 e. The van der Waals surface area contributed by atoms with Crippen molar-refractivity contribution in [3.63, 3.8) is 0 Å². The molecule has 1 aromatic carbocycles. The zero-order chi connectivity index (χ0) is 10.1. The molecule has 0 fully saturated rings. The fraction of sp³-hybridized carbons (Fsp3) is 0.100. The molecule has 0 unspecified atom stereocenters. The number of nitrogens with zero attached hydrogens (tertiary/aromatic N) is 3. The topological polar surface area (TPSA) is 57.1 Å². The van der Waals surface area contributed by atoms with Crippen LogP contribution in [0, 0.1) is 0 Å². The number of aromatic nitrogens is 3. The molecule has 0 atom stereocenters. The second-order valence-electron chi connectivity index (χ2n) is 3.07. The molecule has 74 valence electrons. The summed E-state index contributed by atoms with van der Waals surface area (Å²) in [6.07, 6.45) is 1.60. The molecule has 1 aromatic heterocycles. The van der Waals surface area contributed by atoms with E-state index in [9.17, 15) is 0 Å². The summed E-state index contributed by atoms with van der Waals surface area (Å²) in [4.78, 5) is 0. The van der Waals surface area contributed by atoms with Crippen molar-refractivity contribution in [2.75, 3.05) is 6.79 Å². The fourth-order valence-corrected chi connectivity index (χ4v) is 1.45. The summed E-state index contributed by atoms with van der Waals surface area (Å²) in [7, 11) is 0. The number of benzene rings is 1. The van der Waals surface area contributed by atoms with E-state index < -0.39 is 0 Å². The quantitative estimate of drug-likeness (QED) is 0.695. The molecule has 15 heavy (non-hydrogen) atoms. The van der Waals surface area contributed by atoms with E-state index in [4.69, 9.17) is 9.47 Å². The lowest BCUT2D eigenvalue weighted by Crippen LogP contribution is -1.93. The molecule has 0 bridgehead atoms. The molecule has 3 rings (SSSR count). The van der Waals surface area contributed by atoms with Gasteiger partial charge in [-0.1, -0.05) is 0 Å².